The summed E-state index contributed by atoms with van der Waals surface area (Å²) in [4.78, 5) is 29.9. The Balaban J connectivity index is 1.99. The van der Waals surface area contributed by atoms with E-state index in [9.17, 15) is 9.59 Å². The second kappa shape index (κ2) is 7.11. The fourth-order valence-electron chi connectivity index (χ4n) is 2.63. The number of rotatable bonds is 4. The van der Waals surface area contributed by atoms with Crippen molar-refractivity contribution < 1.29 is 9.59 Å². The van der Waals surface area contributed by atoms with Gasteiger partial charge in [-0.1, -0.05) is 15.9 Å². The molecule has 21 heavy (non-hydrogen) atoms. The monoisotopic (exact) mass is 354 g/mol. The Labute approximate surface area is 132 Å². The van der Waals surface area contributed by atoms with Crippen molar-refractivity contribution in [3.05, 3.63) is 22.8 Å². The van der Waals surface area contributed by atoms with Crippen molar-refractivity contribution in [2.75, 3.05) is 25.0 Å². The number of aromatic nitrogens is 1. The molecule has 1 aromatic rings. The number of amides is 1. The number of halogens is 1. The average molecular weight is 355 g/mol. The van der Waals surface area contributed by atoms with Crippen LogP contribution in [0.5, 0.6) is 0 Å². The molecule has 1 aliphatic rings. The van der Waals surface area contributed by atoms with Crippen molar-refractivity contribution in [1.82, 2.24) is 15.2 Å². The maximum Gasteiger partial charge on any atom is 0.239 e. The summed E-state index contributed by atoms with van der Waals surface area (Å²) in [6.45, 7) is 5.16. The Bertz CT molecular complexity index is 537. The number of nitrogens with zero attached hydrogens (tertiary/aromatic N) is 2. The summed E-state index contributed by atoms with van der Waals surface area (Å²) in [7, 11) is 0. The van der Waals surface area contributed by atoms with Gasteiger partial charge in [0.2, 0.25) is 5.91 Å². The molecular weight excluding hydrogens is 336 g/mol. The fourth-order valence-corrected chi connectivity index (χ4v) is 2.96. The number of hydrogen-bond donors (Lipinski definition) is 2. The molecule has 1 saturated heterocycles. The van der Waals surface area contributed by atoms with E-state index in [1.165, 1.54) is 0 Å². The van der Waals surface area contributed by atoms with E-state index in [2.05, 4.69) is 31.5 Å². The van der Waals surface area contributed by atoms with Crippen molar-refractivity contribution in [1.29, 1.82) is 0 Å². The third-order valence-corrected chi connectivity index (χ3v) is 3.98. The van der Waals surface area contributed by atoms with Crippen LogP contribution in [0.2, 0.25) is 0 Å². The summed E-state index contributed by atoms with van der Waals surface area (Å²) in [6.07, 6.45) is 1.62. The molecule has 7 heteroatoms. The van der Waals surface area contributed by atoms with Crippen LogP contribution in [-0.2, 0) is 9.59 Å². The number of carbonyl (C=O) groups is 2. The Morgan fingerprint density at radius 1 is 1.57 bits per heavy atom. The molecule has 0 aromatic carbocycles. The summed E-state index contributed by atoms with van der Waals surface area (Å²) in [5.74, 6) is 0.404. The highest BCUT2D eigenvalue weighted by Gasteiger charge is 2.32. The number of nitrogens with one attached hydrogen (secondary N) is 2. The highest BCUT2D eigenvalue weighted by molar-refractivity contribution is 9.10. The molecule has 1 amide bonds. The van der Waals surface area contributed by atoms with E-state index in [1.807, 2.05) is 11.8 Å². The van der Waals surface area contributed by atoms with Crippen LogP contribution in [-0.4, -0.2) is 53.3 Å². The van der Waals surface area contributed by atoms with Gasteiger partial charge in [0.05, 0.1) is 12.6 Å². The zero-order valence-electron chi connectivity index (χ0n) is 12.1. The van der Waals surface area contributed by atoms with Gasteiger partial charge in [-0.2, -0.15) is 0 Å². The first kappa shape index (κ1) is 16.1. The number of anilines is 1. The van der Waals surface area contributed by atoms with E-state index in [1.54, 1.807) is 25.3 Å². The molecule has 2 N–H and O–H groups in total. The van der Waals surface area contributed by atoms with Crippen LogP contribution >= 0.6 is 15.9 Å². The molecular formula is C14H19BrN4O2. The van der Waals surface area contributed by atoms with Gasteiger partial charge in [0.25, 0.3) is 0 Å². The van der Waals surface area contributed by atoms with Crippen molar-refractivity contribution in [3.63, 3.8) is 0 Å². The van der Waals surface area contributed by atoms with E-state index >= 15 is 0 Å². The number of hydrogen-bond acceptors (Lipinski definition) is 5. The van der Waals surface area contributed by atoms with Gasteiger partial charge in [0.1, 0.15) is 11.6 Å². The maximum atomic E-state index is 12.1. The first-order valence-electron chi connectivity index (χ1n) is 6.86. The van der Waals surface area contributed by atoms with Crippen LogP contribution in [0.4, 0.5) is 5.82 Å². The molecule has 0 spiro atoms. The molecule has 2 unspecified atom stereocenters. The lowest BCUT2D eigenvalue weighted by molar-refractivity contribution is -0.126. The lowest BCUT2D eigenvalue weighted by Crippen LogP contribution is -2.60. The van der Waals surface area contributed by atoms with E-state index in [4.69, 9.17) is 0 Å². The van der Waals surface area contributed by atoms with Crippen LogP contribution in [0.15, 0.2) is 22.8 Å². The predicted octanol–water partition coefficient (Wildman–Crippen LogP) is 1.03. The molecule has 0 saturated carbocycles. The van der Waals surface area contributed by atoms with Gasteiger partial charge < -0.3 is 10.6 Å². The number of pyridine rings is 1. The summed E-state index contributed by atoms with van der Waals surface area (Å²) in [5, 5.41) is 6.01. The summed E-state index contributed by atoms with van der Waals surface area (Å²) < 4.78 is 0.852. The fraction of sp³-hybridized carbons (Fsp3) is 0.500. The molecule has 6 nitrogen and oxygen atoms in total. The van der Waals surface area contributed by atoms with E-state index in [0.29, 0.717) is 12.4 Å². The largest absolute Gasteiger partial charge is 0.311 e. The molecule has 2 atom stereocenters. The minimum absolute atomic E-state index is 0.0491. The van der Waals surface area contributed by atoms with Gasteiger partial charge in [-0.15, -0.1) is 0 Å². The predicted molar refractivity (Wildman–Crippen MR) is 84.1 cm³/mol. The normalized spacial score (nSPS) is 22.8. The van der Waals surface area contributed by atoms with E-state index in [-0.39, 0.29) is 30.3 Å². The number of piperazine rings is 1. The van der Waals surface area contributed by atoms with Gasteiger partial charge in [-0.05, 0) is 26.0 Å². The molecule has 1 fully saturated rings. The maximum absolute atomic E-state index is 12.1. The van der Waals surface area contributed by atoms with Crippen LogP contribution in [0.25, 0.3) is 0 Å². The van der Waals surface area contributed by atoms with Gasteiger partial charge >= 0.3 is 0 Å². The Morgan fingerprint density at radius 2 is 2.33 bits per heavy atom. The SMILES string of the molecule is CC(=O)C1C(C)NCCN1CC(=O)Nc1cc(Br)ccn1. The quantitative estimate of drug-likeness (QED) is 0.844. The number of Topliss-reactive ketones (excluding diaryl/α,β-unsaturated/α-hetero) is 1. The topological polar surface area (TPSA) is 74.3 Å². The Kier molecular flexibility index (Phi) is 5.44. The highest BCUT2D eigenvalue weighted by Crippen LogP contribution is 2.14. The summed E-state index contributed by atoms with van der Waals surface area (Å²) in [5.41, 5.74) is 0. The minimum Gasteiger partial charge on any atom is -0.311 e. The van der Waals surface area contributed by atoms with Crippen LogP contribution < -0.4 is 10.6 Å². The third-order valence-electron chi connectivity index (χ3n) is 3.49. The molecule has 0 aliphatic carbocycles. The van der Waals surface area contributed by atoms with E-state index < -0.39 is 0 Å². The zero-order chi connectivity index (χ0) is 15.4. The van der Waals surface area contributed by atoms with Crippen molar-refractivity contribution >= 4 is 33.4 Å². The zero-order valence-corrected chi connectivity index (χ0v) is 13.7. The summed E-state index contributed by atoms with van der Waals surface area (Å²) >= 11 is 3.33. The molecule has 0 bridgehead atoms. The smallest absolute Gasteiger partial charge is 0.239 e. The van der Waals surface area contributed by atoms with Gasteiger partial charge in [0, 0.05) is 29.8 Å². The standard InChI is InChI=1S/C14H19BrN4O2/c1-9-14(10(2)20)19(6-5-16-9)8-13(21)18-12-7-11(15)3-4-17-12/h3-4,7,9,14,16H,5-6,8H2,1-2H3,(H,17,18,21). The molecule has 0 radical (unpaired) electrons. The first-order valence-corrected chi connectivity index (χ1v) is 7.66. The number of ketones is 1. The van der Waals surface area contributed by atoms with Crippen molar-refractivity contribution in [2.24, 2.45) is 0 Å². The highest BCUT2D eigenvalue weighted by atomic mass is 79.9. The Morgan fingerprint density at radius 3 is 3.00 bits per heavy atom. The second-order valence-electron chi connectivity index (χ2n) is 5.18. The van der Waals surface area contributed by atoms with Gasteiger partial charge in [0.15, 0.2) is 0 Å². The van der Waals surface area contributed by atoms with Gasteiger partial charge in [-0.3, -0.25) is 14.5 Å². The average Bonchev–Trinajstić information content (AvgIpc) is 2.37. The molecule has 1 aliphatic heterocycles. The minimum atomic E-state index is -0.264. The van der Waals surface area contributed by atoms with Gasteiger partial charge in [-0.25, -0.2) is 4.98 Å². The van der Waals surface area contributed by atoms with Crippen LogP contribution in [0.1, 0.15) is 13.8 Å². The summed E-state index contributed by atoms with van der Waals surface area (Å²) in [6, 6.07) is 3.31. The lowest BCUT2D eigenvalue weighted by Gasteiger charge is -2.38. The molecule has 1 aromatic heterocycles. The van der Waals surface area contributed by atoms with Crippen LogP contribution in [0.3, 0.4) is 0 Å². The molecule has 2 heterocycles. The van der Waals surface area contributed by atoms with Crippen molar-refractivity contribution in [3.8, 4) is 0 Å². The third kappa shape index (κ3) is 4.33. The molecule has 2 rings (SSSR count). The van der Waals surface area contributed by atoms with E-state index in [0.717, 1.165) is 11.0 Å². The number of carbonyl (C=O) groups excluding carboxylic acids is 2. The molecule has 114 valence electrons. The Hall–Kier alpha value is -1.31. The van der Waals surface area contributed by atoms with Crippen molar-refractivity contribution in [2.45, 2.75) is 25.9 Å². The van der Waals surface area contributed by atoms with Crippen LogP contribution in [0, 0.1) is 0 Å². The second-order valence-corrected chi connectivity index (χ2v) is 6.09. The first-order chi connectivity index (χ1) is 9.97. The lowest BCUT2D eigenvalue weighted by atomic mass is 10.0.